The van der Waals surface area contributed by atoms with Crippen LogP contribution in [-0.4, -0.2) is 18.1 Å². The summed E-state index contributed by atoms with van der Waals surface area (Å²) in [6.45, 7) is 11.9. The van der Waals surface area contributed by atoms with Crippen LogP contribution in [-0.2, 0) is 6.54 Å². The molecule has 1 atom stereocenters. The molecule has 1 unspecified atom stereocenters. The second kappa shape index (κ2) is 7.26. The first-order chi connectivity index (χ1) is 10.0. The van der Waals surface area contributed by atoms with Gasteiger partial charge in [-0.1, -0.05) is 27.7 Å². The molecule has 0 amide bonds. The monoisotopic (exact) mass is 289 g/mol. The number of nitrogens with zero attached hydrogens (tertiary/aromatic N) is 2. The highest BCUT2D eigenvalue weighted by Crippen LogP contribution is 2.28. The molecule has 2 N–H and O–H groups in total. The number of hydrogen-bond acceptors (Lipinski definition) is 3. The maximum atomic E-state index is 5.86. The van der Waals surface area contributed by atoms with Crippen molar-refractivity contribution in [2.45, 2.75) is 59.4 Å². The third-order valence-electron chi connectivity index (χ3n) is 4.76. The summed E-state index contributed by atoms with van der Waals surface area (Å²) in [5, 5.41) is 0. The normalized spacial score (nSPS) is 20.1. The third-order valence-corrected chi connectivity index (χ3v) is 4.76. The second-order valence-electron chi connectivity index (χ2n) is 7.04. The van der Waals surface area contributed by atoms with Gasteiger partial charge in [0.15, 0.2) is 0 Å². The van der Waals surface area contributed by atoms with Gasteiger partial charge in [0.2, 0.25) is 0 Å². The van der Waals surface area contributed by atoms with Gasteiger partial charge in [-0.05, 0) is 54.7 Å². The van der Waals surface area contributed by atoms with Crippen molar-refractivity contribution < 1.29 is 0 Å². The molecule has 21 heavy (non-hydrogen) atoms. The van der Waals surface area contributed by atoms with Crippen LogP contribution in [0.5, 0.6) is 0 Å². The maximum Gasteiger partial charge on any atom is 0.129 e. The summed E-state index contributed by atoms with van der Waals surface area (Å²) in [6.07, 6.45) is 3.90. The van der Waals surface area contributed by atoms with E-state index in [1.54, 1.807) is 0 Å². The van der Waals surface area contributed by atoms with E-state index in [-0.39, 0.29) is 0 Å². The predicted octanol–water partition coefficient (Wildman–Crippen LogP) is 3.93. The Morgan fingerprint density at radius 2 is 1.95 bits per heavy atom. The first-order valence-corrected chi connectivity index (χ1v) is 8.47. The maximum absolute atomic E-state index is 5.86. The van der Waals surface area contributed by atoms with Crippen molar-refractivity contribution in [2.24, 2.45) is 17.6 Å². The number of aromatic nitrogens is 1. The number of anilines is 1. The zero-order valence-corrected chi connectivity index (χ0v) is 14.1. The molecule has 118 valence electrons. The van der Waals surface area contributed by atoms with Crippen LogP contribution in [0.1, 0.15) is 64.1 Å². The topological polar surface area (TPSA) is 42.1 Å². The Kier molecular flexibility index (Phi) is 5.63. The molecule has 0 spiro atoms. The van der Waals surface area contributed by atoms with E-state index in [2.05, 4.69) is 44.7 Å². The molecule has 1 saturated heterocycles. The summed E-state index contributed by atoms with van der Waals surface area (Å²) < 4.78 is 0. The fourth-order valence-corrected chi connectivity index (χ4v) is 3.19. The number of rotatable bonds is 4. The molecule has 0 saturated carbocycles. The van der Waals surface area contributed by atoms with Crippen molar-refractivity contribution in [3.05, 3.63) is 23.4 Å². The molecular formula is C18H31N3. The van der Waals surface area contributed by atoms with Crippen LogP contribution in [0.25, 0.3) is 0 Å². The highest BCUT2D eigenvalue weighted by molar-refractivity contribution is 5.43. The van der Waals surface area contributed by atoms with Gasteiger partial charge in [0.25, 0.3) is 0 Å². The average molecular weight is 289 g/mol. The van der Waals surface area contributed by atoms with Crippen LogP contribution in [0.2, 0.25) is 0 Å². The van der Waals surface area contributed by atoms with Crippen molar-refractivity contribution in [1.82, 2.24) is 4.98 Å². The van der Waals surface area contributed by atoms with Gasteiger partial charge in [-0.3, -0.25) is 0 Å². The minimum atomic E-state index is 0.450. The van der Waals surface area contributed by atoms with E-state index in [0.717, 1.165) is 36.4 Å². The van der Waals surface area contributed by atoms with Gasteiger partial charge in [0.05, 0.1) is 0 Å². The lowest BCUT2D eigenvalue weighted by Crippen LogP contribution is -2.26. The average Bonchev–Trinajstić information content (AvgIpc) is 2.72. The Labute approximate surface area is 129 Å². The lowest BCUT2D eigenvalue weighted by molar-refractivity contribution is 0.351. The molecule has 1 aromatic heterocycles. The summed E-state index contributed by atoms with van der Waals surface area (Å²) in [5.74, 6) is 3.23. The standard InChI is InChI=1S/C18H31N3/c1-13(2)16-6-5-8-21(9-7-16)18-11-15(12-19)10-17(20-18)14(3)4/h10-11,13-14,16H,5-9,12,19H2,1-4H3. The Hall–Kier alpha value is -1.09. The van der Waals surface area contributed by atoms with E-state index in [9.17, 15) is 0 Å². The number of hydrogen-bond donors (Lipinski definition) is 1. The van der Waals surface area contributed by atoms with E-state index in [4.69, 9.17) is 10.7 Å². The Bertz CT molecular complexity index is 454. The van der Waals surface area contributed by atoms with Gasteiger partial charge in [-0.15, -0.1) is 0 Å². The number of pyridine rings is 1. The van der Waals surface area contributed by atoms with Gasteiger partial charge >= 0.3 is 0 Å². The minimum Gasteiger partial charge on any atom is -0.357 e. The molecule has 3 nitrogen and oxygen atoms in total. The van der Waals surface area contributed by atoms with E-state index in [1.807, 2.05) is 0 Å². The lowest BCUT2D eigenvalue weighted by Gasteiger charge is -2.24. The van der Waals surface area contributed by atoms with Gasteiger partial charge in [-0.25, -0.2) is 4.98 Å². The molecule has 2 heterocycles. The zero-order valence-electron chi connectivity index (χ0n) is 14.1. The Balaban J connectivity index is 2.18. The van der Waals surface area contributed by atoms with E-state index >= 15 is 0 Å². The summed E-state index contributed by atoms with van der Waals surface area (Å²) in [5.41, 5.74) is 8.23. The molecular weight excluding hydrogens is 258 g/mol. The first kappa shape index (κ1) is 16.3. The van der Waals surface area contributed by atoms with Crippen LogP contribution in [0, 0.1) is 11.8 Å². The van der Waals surface area contributed by atoms with Crippen LogP contribution in [0.4, 0.5) is 5.82 Å². The minimum absolute atomic E-state index is 0.450. The molecule has 1 aromatic rings. The van der Waals surface area contributed by atoms with Crippen molar-refractivity contribution in [2.75, 3.05) is 18.0 Å². The van der Waals surface area contributed by atoms with Crippen molar-refractivity contribution >= 4 is 5.82 Å². The third kappa shape index (κ3) is 4.19. The smallest absolute Gasteiger partial charge is 0.129 e. The van der Waals surface area contributed by atoms with Crippen molar-refractivity contribution in [3.63, 3.8) is 0 Å². The lowest BCUT2D eigenvalue weighted by atomic mass is 9.89. The van der Waals surface area contributed by atoms with Crippen LogP contribution < -0.4 is 10.6 Å². The van der Waals surface area contributed by atoms with Gasteiger partial charge in [0.1, 0.15) is 5.82 Å². The SMILES string of the molecule is CC(C)c1cc(CN)cc(N2CCCC(C(C)C)CC2)n1. The van der Waals surface area contributed by atoms with E-state index in [1.165, 1.54) is 24.8 Å². The summed E-state index contributed by atoms with van der Waals surface area (Å²) >= 11 is 0. The molecule has 1 aliphatic heterocycles. The summed E-state index contributed by atoms with van der Waals surface area (Å²) in [7, 11) is 0. The van der Waals surface area contributed by atoms with Crippen molar-refractivity contribution in [3.8, 4) is 0 Å². The van der Waals surface area contributed by atoms with E-state index in [0.29, 0.717) is 12.5 Å². The molecule has 0 aromatic carbocycles. The van der Waals surface area contributed by atoms with Crippen LogP contribution in [0.15, 0.2) is 12.1 Å². The largest absolute Gasteiger partial charge is 0.357 e. The van der Waals surface area contributed by atoms with Gasteiger partial charge < -0.3 is 10.6 Å². The summed E-state index contributed by atoms with van der Waals surface area (Å²) in [6, 6.07) is 4.34. The molecule has 3 heteroatoms. The fraction of sp³-hybridized carbons (Fsp3) is 0.722. The quantitative estimate of drug-likeness (QED) is 0.913. The van der Waals surface area contributed by atoms with E-state index < -0.39 is 0 Å². The number of nitrogens with two attached hydrogens (primary N) is 1. The summed E-state index contributed by atoms with van der Waals surface area (Å²) in [4.78, 5) is 7.35. The Morgan fingerprint density at radius 1 is 1.19 bits per heavy atom. The molecule has 1 fully saturated rings. The molecule has 1 aliphatic rings. The highest BCUT2D eigenvalue weighted by Gasteiger charge is 2.21. The van der Waals surface area contributed by atoms with Crippen LogP contribution in [0.3, 0.4) is 0 Å². The fourth-order valence-electron chi connectivity index (χ4n) is 3.19. The van der Waals surface area contributed by atoms with Gasteiger partial charge in [-0.2, -0.15) is 0 Å². The zero-order chi connectivity index (χ0) is 15.4. The molecule has 0 radical (unpaired) electrons. The molecule has 0 aliphatic carbocycles. The molecule has 0 bridgehead atoms. The van der Waals surface area contributed by atoms with Gasteiger partial charge in [0, 0.05) is 25.3 Å². The Morgan fingerprint density at radius 3 is 2.57 bits per heavy atom. The van der Waals surface area contributed by atoms with Crippen molar-refractivity contribution in [1.29, 1.82) is 0 Å². The highest BCUT2D eigenvalue weighted by atomic mass is 15.2. The first-order valence-electron chi connectivity index (χ1n) is 8.47. The predicted molar refractivity (Wildman–Crippen MR) is 90.6 cm³/mol. The molecule has 2 rings (SSSR count). The second-order valence-corrected chi connectivity index (χ2v) is 7.04. The van der Waals surface area contributed by atoms with Crippen LogP contribution >= 0.6 is 0 Å².